The molecule has 1 aliphatic heterocycles. The molecule has 2 N–H and O–H groups in total. The van der Waals surface area contributed by atoms with E-state index in [9.17, 15) is 14.4 Å². The van der Waals surface area contributed by atoms with Gasteiger partial charge in [0.2, 0.25) is 11.8 Å². The summed E-state index contributed by atoms with van der Waals surface area (Å²) in [5, 5.41) is 6.52. The lowest BCUT2D eigenvalue weighted by molar-refractivity contribution is -0.144. The fourth-order valence-corrected chi connectivity index (χ4v) is 7.67. The van der Waals surface area contributed by atoms with Gasteiger partial charge in [-0.05, 0) is 70.3 Å². The first-order valence-corrected chi connectivity index (χ1v) is 22.0. The summed E-state index contributed by atoms with van der Waals surface area (Å²) in [6, 6.07) is -0.382. The Balaban J connectivity index is 2.71. The number of likely N-dealkylation sites (tertiary alicyclic amines) is 1. The van der Waals surface area contributed by atoms with Crippen LogP contribution in [0, 0.1) is 11.8 Å². The molecule has 0 aliphatic carbocycles. The van der Waals surface area contributed by atoms with Gasteiger partial charge in [-0.15, -0.1) is 0 Å². The van der Waals surface area contributed by atoms with Gasteiger partial charge >= 0.3 is 5.97 Å². The molecule has 0 radical (unpaired) electrons. The number of amides is 2. The smallest absolute Gasteiger partial charge is 0.306 e. The van der Waals surface area contributed by atoms with Gasteiger partial charge in [0, 0.05) is 17.7 Å². The Kier molecular flexibility index (Phi) is 29.4. The van der Waals surface area contributed by atoms with Gasteiger partial charge in [-0.3, -0.25) is 14.4 Å². The van der Waals surface area contributed by atoms with Crippen LogP contribution in [0.2, 0.25) is 0 Å². The molecule has 1 heterocycles. The minimum Gasteiger partial charge on any atom is -0.465 e. The van der Waals surface area contributed by atoms with E-state index < -0.39 is 6.04 Å². The minimum atomic E-state index is -0.541. The molecule has 1 fully saturated rings. The summed E-state index contributed by atoms with van der Waals surface area (Å²) in [5.41, 5.74) is 0. The molecule has 0 aromatic rings. The van der Waals surface area contributed by atoms with E-state index in [1.54, 1.807) is 11.8 Å². The number of rotatable bonds is 32. The van der Waals surface area contributed by atoms with Crippen molar-refractivity contribution in [3.63, 3.8) is 0 Å². The van der Waals surface area contributed by atoms with Crippen molar-refractivity contribution in [3.05, 3.63) is 0 Å². The van der Waals surface area contributed by atoms with Crippen LogP contribution in [0.5, 0.6) is 0 Å². The van der Waals surface area contributed by atoms with E-state index in [-0.39, 0.29) is 29.7 Å². The van der Waals surface area contributed by atoms with Crippen molar-refractivity contribution in [1.29, 1.82) is 0 Å². The summed E-state index contributed by atoms with van der Waals surface area (Å²) in [4.78, 5) is 42.1. The first-order chi connectivity index (χ1) is 23.8. The highest BCUT2D eigenvalue weighted by molar-refractivity contribution is 7.99. The summed E-state index contributed by atoms with van der Waals surface area (Å²) >= 11 is 1.67. The Morgan fingerprint density at radius 1 is 0.694 bits per heavy atom. The number of esters is 1. The second-order valence-corrected chi connectivity index (χ2v) is 16.1. The number of ether oxygens (including phenoxy) is 1. The summed E-state index contributed by atoms with van der Waals surface area (Å²) in [5.74, 6) is 1.67. The average Bonchev–Trinajstić information content (AvgIpc) is 3.10. The Morgan fingerprint density at radius 3 is 1.80 bits per heavy atom. The number of unbranched alkanes of at least 4 members (excludes halogenated alkanes) is 13. The normalized spacial score (nSPS) is 15.9. The van der Waals surface area contributed by atoms with Crippen LogP contribution in [0.15, 0.2) is 0 Å². The third kappa shape index (κ3) is 24.5. The number of carbonyl (C=O) groups is 3. The van der Waals surface area contributed by atoms with Crippen LogP contribution in [-0.4, -0.2) is 73.0 Å². The van der Waals surface area contributed by atoms with E-state index in [1.807, 2.05) is 0 Å². The quantitative estimate of drug-likeness (QED) is 0.0534. The van der Waals surface area contributed by atoms with E-state index in [0.29, 0.717) is 36.9 Å². The monoisotopic (exact) mass is 710 g/mol. The number of hydrogen-bond acceptors (Lipinski definition) is 6. The molecule has 288 valence electrons. The van der Waals surface area contributed by atoms with Gasteiger partial charge in [-0.2, -0.15) is 11.8 Å². The molecule has 1 saturated heterocycles. The van der Waals surface area contributed by atoms with E-state index in [4.69, 9.17) is 4.74 Å². The molecule has 8 heteroatoms. The third-order valence-corrected chi connectivity index (χ3v) is 11.4. The summed E-state index contributed by atoms with van der Waals surface area (Å²) < 4.78 is 5.58. The van der Waals surface area contributed by atoms with Crippen molar-refractivity contribution in [2.45, 2.75) is 194 Å². The Hall–Kier alpha value is -1.28. The Bertz CT molecular complexity index is 821. The number of thioether (sulfide) groups is 1. The maximum Gasteiger partial charge on any atom is 0.306 e. The van der Waals surface area contributed by atoms with E-state index >= 15 is 0 Å². The average molecular weight is 710 g/mol. The largest absolute Gasteiger partial charge is 0.465 e. The number of carbonyl (C=O) groups excluding carboxylic acids is 3. The lowest BCUT2D eigenvalue weighted by Gasteiger charge is -2.31. The van der Waals surface area contributed by atoms with Gasteiger partial charge in [-0.25, -0.2) is 0 Å². The molecule has 0 aromatic heterocycles. The molecule has 49 heavy (non-hydrogen) atoms. The standard InChI is InChI=1S/C41H79N3O4S/c1-6-10-13-15-17-18-20-22-25-36(24-21-19-16-14-11-7-2)40(46)43-38(41(47)42-37-26-30-44(5)31-27-37)28-32-49-33-29-39(45)48-34-35(9-4)23-12-8-3/h35-38H,6-34H2,1-5H3,(H,42,47)(H,43,46). The summed E-state index contributed by atoms with van der Waals surface area (Å²) in [7, 11) is 2.12. The highest BCUT2D eigenvalue weighted by Crippen LogP contribution is 2.21. The van der Waals surface area contributed by atoms with Gasteiger partial charge in [0.05, 0.1) is 13.0 Å². The molecular weight excluding hydrogens is 631 g/mol. The van der Waals surface area contributed by atoms with Crippen molar-refractivity contribution in [2.75, 3.05) is 38.2 Å². The molecule has 3 atom stereocenters. The van der Waals surface area contributed by atoms with Crippen LogP contribution in [0.4, 0.5) is 0 Å². The van der Waals surface area contributed by atoms with Crippen LogP contribution in [0.3, 0.4) is 0 Å². The predicted octanol–water partition coefficient (Wildman–Crippen LogP) is 9.85. The molecule has 0 spiro atoms. The Morgan fingerprint density at radius 2 is 1.24 bits per heavy atom. The molecular formula is C41H79N3O4S. The zero-order valence-corrected chi connectivity index (χ0v) is 33.6. The van der Waals surface area contributed by atoms with Gasteiger partial charge in [-0.1, -0.05) is 137 Å². The zero-order chi connectivity index (χ0) is 36.0. The molecule has 7 nitrogen and oxygen atoms in total. The van der Waals surface area contributed by atoms with Gasteiger partial charge in [0.1, 0.15) is 6.04 Å². The topological polar surface area (TPSA) is 87.7 Å². The first kappa shape index (κ1) is 45.7. The lowest BCUT2D eigenvalue weighted by atomic mass is 9.92. The molecule has 0 bridgehead atoms. The third-order valence-electron chi connectivity index (χ3n) is 10.4. The number of nitrogens with zero attached hydrogens (tertiary/aromatic N) is 1. The fourth-order valence-electron chi connectivity index (χ4n) is 6.76. The van der Waals surface area contributed by atoms with Crippen LogP contribution < -0.4 is 10.6 Å². The molecule has 1 aliphatic rings. The van der Waals surface area contributed by atoms with Crippen LogP contribution in [0.1, 0.15) is 182 Å². The second kappa shape index (κ2) is 31.5. The second-order valence-electron chi connectivity index (χ2n) is 14.9. The van der Waals surface area contributed by atoms with Crippen molar-refractivity contribution in [1.82, 2.24) is 15.5 Å². The van der Waals surface area contributed by atoms with Crippen molar-refractivity contribution >= 4 is 29.5 Å². The van der Waals surface area contributed by atoms with Gasteiger partial charge in [0.15, 0.2) is 0 Å². The number of hydrogen-bond donors (Lipinski definition) is 2. The number of nitrogens with one attached hydrogen (secondary N) is 2. The van der Waals surface area contributed by atoms with Crippen LogP contribution in [0.25, 0.3) is 0 Å². The molecule has 1 rings (SSSR count). The number of piperidine rings is 1. The van der Waals surface area contributed by atoms with E-state index in [0.717, 1.165) is 70.9 Å². The summed E-state index contributed by atoms with van der Waals surface area (Å²) in [6.45, 7) is 11.3. The fraction of sp³-hybridized carbons (Fsp3) is 0.927. The van der Waals surface area contributed by atoms with E-state index in [1.165, 1.54) is 83.5 Å². The maximum absolute atomic E-state index is 13.8. The van der Waals surface area contributed by atoms with E-state index in [2.05, 4.69) is 50.3 Å². The van der Waals surface area contributed by atoms with Gasteiger partial charge in [0.25, 0.3) is 0 Å². The highest BCUT2D eigenvalue weighted by atomic mass is 32.2. The highest BCUT2D eigenvalue weighted by Gasteiger charge is 2.28. The minimum absolute atomic E-state index is 0.0309. The molecule has 0 aromatic carbocycles. The SMILES string of the molecule is CCCCCCCCCCC(CCCCCCCC)C(=O)NC(CCSCCC(=O)OCC(CC)CCCC)C(=O)NC1CCN(C)CC1. The first-order valence-electron chi connectivity index (χ1n) is 20.9. The van der Waals surface area contributed by atoms with Crippen LogP contribution >= 0.6 is 11.8 Å². The zero-order valence-electron chi connectivity index (χ0n) is 32.8. The van der Waals surface area contributed by atoms with Gasteiger partial charge < -0.3 is 20.3 Å². The molecule has 2 amide bonds. The summed E-state index contributed by atoms with van der Waals surface area (Å²) in [6.07, 6.45) is 26.5. The molecule has 0 saturated carbocycles. The van der Waals surface area contributed by atoms with Crippen molar-refractivity contribution < 1.29 is 19.1 Å². The van der Waals surface area contributed by atoms with Crippen molar-refractivity contribution in [2.24, 2.45) is 11.8 Å². The Labute approximate surface area is 307 Å². The predicted molar refractivity (Wildman–Crippen MR) is 210 cm³/mol. The lowest BCUT2D eigenvalue weighted by Crippen LogP contribution is -2.53. The van der Waals surface area contributed by atoms with Crippen molar-refractivity contribution in [3.8, 4) is 0 Å². The van der Waals surface area contributed by atoms with Crippen LogP contribution in [-0.2, 0) is 19.1 Å². The maximum atomic E-state index is 13.8. The molecule has 3 unspecified atom stereocenters.